The van der Waals surface area contributed by atoms with Gasteiger partial charge >= 0.3 is 0 Å². The van der Waals surface area contributed by atoms with Gasteiger partial charge in [-0.3, -0.25) is 9.78 Å². The molecule has 0 bridgehead atoms. The molecule has 0 aliphatic carbocycles. The topological polar surface area (TPSA) is 54.3 Å². The first-order valence-corrected chi connectivity index (χ1v) is 8.71. The van der Waals surface area contributed by atoms with Gasteiger partial charge in [0.1, 0.15) is 5.82 Å². The van der Waals surface area contributed by atoms with Crippen LogP contribution in [0.3, 0.4) is 0 Å². The molecular weight excluding hydrogens is 302 g/mol. The minimum absolute atomic E-state index is 0.0697. The zero-order valence-corrected chi connectivity index (χ0v) is 13.8. The van der Waals surface area contributed by atoms with Crippen LogP contribution < -0.4 is 0 Å². The minimum atomic E-state index is 0.0697. The van der Waals surface area contributed by atoms with E-state index < -0.39 is 0 Å². The molecule has 1 atom stereocenters. The summed E-state index contributed by atoms with van der Waals surface area (Å²) in [6.45, 7) is 5.71. The van der Waals surface area contributed by atoms with E-state index in [1.54, 1.807) is 24.5 Å². The average Bonchev–Trinajstić information content (AvgIpc) is 3.24. The van der Waals surface area contributed by atoms with Crippen molar-refractivity contribution in [2.75, 3.05) is 26.2 Å². The van der Waals surface area contributed by atoms with Gasteiger partial charge in [-0.2, -0.15) is 0 Å². The summed E-state index contributed by atoms with van der Waals surface area (Å²) in [5.41, 5.74) is 0.699. The highest BCUT2D eigenvalue weighted by atomic mass is 16.2. The van der Waals surface area contributed by atoms with Crippen molar-refractivity contribution in [3.8, 4) is 0 Å². The van der Waals surface area contributed by atoms with E-state index >= 15 is 0 Å². The van der Waals surface area contributed by atoms with Crippen LogP contribution in [0.4, 0.5) is 0 Å². The number of carbonyl (C=O) groups is 1. The number of imidazole rings is 1. The Morgan fingerprint density at radius 2 is 1.92 bits per heavy atom. The average molecular weight is 325 g/mol. The number of aromatic nitrogens is 3. The highest BCUT2D eigenvalue weighted by Gasteiger charge is 2.28. The Hall–Kier alpha value is -2.21. The van der Waals surface area contributed by atoms with Crippen LogP contribution in [0.5, 0.6) is 0 Å². The number of carbonyl (C=O) groups excluding carboxylic acids is 1. The van der Waals surface area contributed by atoms with Gasteiger partial charge in [-0.15, -0.1) is 0 Å². The third-order valence-electron chi connectivity index (χ3n) is 5.00. The molecule has 4 heterocycles. The number of rotatable bonds is 3. The van der Waals surface area contributed by atoms with E-state index in [1.807, 2.05) is 17.3 Å². The van der Waals surface area contributed by atoms with E-state index in [0.29, 0.717) is 18.0 Å². The minimum Gasteiger partial charge on any atom is -0.333 e. The standard InChI is InChI=1S/C18H23N5O/c24-18(16-3-5-19-6-4-16)23-13-15(11-21-8-1-2-9-21)12-22-10-7-20-17(22)14-23/h3-7,10,15H,1-2,8-9,11-14H2. The zero-order valence-electron chi connectivity index (χ0n) is 13.8. The molecule has 126 valence electrons. The SMILES string of the molecule is O=C(c1ccncc1)N1Cc2nccn2CC(CN2CCCC2)C1. The van der Waals surface area contributed by atoms with Crippen LogP contribution in [-0.2, 0) is 13.1 Å². The lowest BCUT2D eigenvalue weighted by Gasteiger charge is -2.27. The molecule has 0 saturated carbocycles. The van der Waals surface area contributed by atoms with Crippen molar-refractivity contribution >= 4 is 5.91 Å². The Balaban J connectivity index is 1.55. The Labute approximate surface area is 142 Å². The molecule has 0 spiro atoms. The van der Waals surface area contributed by atoms with Gasteiger partial charge in [0.25, 0.3) is 5.91 Å². The third-order valence-corrected chi connectivity index (χ3v) is 5.00. The van der Waals surface area contributed by atoms with E-state index in [2.05, 4.69) is 19.4 Å². The molecule has 2 aliphatic rings. The first kappa shape index (κ1) is 15.3. The van der Waals surface area contributed by atoms with Gasteiger partial charge in [-0.25, -0.2) is 4.98 Å². The van der Waals surface area contributed by atoms with E-state index in [9.17, 15) is 4.79 Å². The molecule has 2 aromatic rings. The summed E-state index contributed by atoms with van der Waals surface area (Å²) in [7, 11) is 0. The predicted molar refractivity (Wildman–Crippen MR) is 90.4 cm³/mol. The van der Waals surface area contributed by atoms with Crippen molar-refractivity contribution in [2.24, 2.45) is 5.92 Å². The van der Waals surface area contributed by atoms with Crippen LogP contribution >= 0.6 is 0 Å². The number of pyridine rings is 1. The van der Waals surface area contributed by atoms with E-state index in [0.717, 1.165) is 25.5 Å². The highest BCUT2D eigenvalue weighted by Crippen LogP contribution is 2.20. The number of fused-ring (bicyclic) bond motifs is 1. The van der Waals surface area contributed by atoms with Gasteiger partial charge in [0.05, 0.1) is 6.54 Å². The molecule has 0 N–H and O–H groups in total. The number of nitrogens with zero attached hydrogens (tertiary/aromatic N) is 5. The largest absolute Gasteiger partial charge is 0.333 e. The highest BCUT2D eigenvalue weighted by molar-refractivity contribution is 5.94. The number of hydrogen-bond acceptors (Lipinski definition) is 4. The molecule has 1 saturated heterocycles. The molecule has 1 amide bonds. The van der Waals surface area contributed by atoms with Crippen molar-refractivity contribution in [1.82, 2.24) is 24.3 Å². The second-order valence-corrected chi connectivity index (χ2v) is 6.79. The molecule has 1 fully saturated rings. The summed E-state index contributed by atoms with van der Waals surface area (Å²) in [6.07, 6.45) is 9.81. The van der Waals surface area contributed by atoms with Crippen LogP contribution in [0, 0.1) is 5.92 Å². The fourth-order valence-corrected chi connectivity index (χ4v) is 3.82. The smallest absolute Gasteiger partial charge is 0.254 e. The fourth-order valence-electron chi connectivity index (χ4n) is 3.82. The van der Waals surface area contributed by atoms with Gasteiger partial charge in [0.15, 0.2) is 0 Å². The van der Waals surface area contributed by atoms with Crippen LogP contribution in [0.15, 0.2) is 36.9 Å². The lowest BCUT2D eigenvalue weighted by Crippen LogP contribution is -2.38. The molecule has 0 radical (unpaired) electrons. The third kappa shape index (κ3) is 3.19. The predicted octanol–water partition coefficient (Wildman–Crippen LogP) is 1.65. The van der Waals surface area contributed by atoms with Gasteiger partial charge in [-0.05, 0) is 38.1 Å². The number of amides is 1. The van der Waals surface area contributed by atoms with Crippen molar-refractivity contribution in [1.29, 1.82) is 0 Å². The van der Waals surface area contributed by atoms with Crippen LogP contribution in [0.1, 0.15) is 29.0 Å². The van der Waals surface area contributed by atoms with Crippen molar-refractivity contribution in [3.05, 3.63) is 48.3 Å². The van der Waals surface area contributed by atoms with Gasteiger partial charge in [0.2, 0.25) is 0 Å². The van der Waals surface area contributed by atoms with Crippen molar-refractivity contribution in [3.63, 3.8) is 0 Å². The lowest BCUT2D eigenvalue weighted by atomic mass is 10.1. The number of hydrogen-bond donors (Lipinski definition) is 0. The molecule has 24 heavy (non-hydrogen) atoms. The second-order valence-electron chi connectivity index (χ2n) is 6.79. The van der Waals surface area contributed by atoms with Crippen molar-refractivity contribution in [2.45, 2.75) is 25.9 Å². The van der Waals surface area contributed by atoms with Crippen LogP contribution in [0.25, 0.3) is 0 Å². The molecule has 2 aliphatic heterocycles. The molecule has 0 aromatic carbocycles. The molecule has 2 aromatic heterocycles. The molecule has 6 nitrogen and oxygen atoms in total. The van der Waals surface area contributed by atoms with Crippen LogP contribution in [0.2, 0.25) is 0 Å². The fraction of sp³-hybridized carbons (Fsp3) is 0.500. The molecule has 1 unspecified atom stereocenters. The first-order valence-electron chi connectivity index (χ1n) is 8.71. The summed E-state index contributed by atoms with van der Waals surface area (Å²) in [5, 5.41) is 0. The quantitative estimate of drug-likeness (QED) is 0.861. The Kier molecular flexibility index (Phi) is 4.30. The normalized spacial score (nSPS) is 21.5. The lowest BCUT2D eigenvalue weighted by molar-refractivity contribution is 0.0707. The maximum Gasteiger partial charge on any atom is 0.254 e. The van der Waals surface area contributed by atoms with Crippen LogP contribution in [-0.4, -0.2) is 56.4 Å². The summed E-state index contributed by atoms with van der Waals surface area (Å²) in [6, 6.07) is 3.57. The maximum absolute atomic E-state index is 12.9. The van der Waals surface area contributed by atoms with Crippen molar-refractivity contribution < 1.29 is 4.79 Å². The van der Waals surface area contributed by atoms with E-state index in [4.69, 9.17) is 0 Å². The summed E-state index contributed by atoms with van der Waals surface area (Å²) in [5.74, 6) is 1.48. The van der Waals surface area contributed by atoms with Gasteiger partial charge in [0, 0.05) is 55.9 Å². The Morgan fingerprint density at radius 3 is 2.71 bits per heavy atom. The molecular formula is C18H23N5O. The summed E-state index contributed by atoms with van der Waals surface area (Å²) < 4.78 is 2.21. The molecule has 6 heteroatoms. The van der Waals surface area contributed by atoms with E-state index in [-0.39, 0.29) is 5.91 Å². The first-order chi connectivity index (χ1) is 11.8. The maximum atomic E-state index is 12.9. The Bertz CT molecular complexity index is 692. The zero-order chi connectivity index (χ0) is 16.4. The molecule has 4 rings (SSSR count). The Morgan fingerprint density at radius 1 is 1.12 bits per heavy atom. The second kappa shape index (κ2) is 6.73. The summed E-state index contributed by atoms with van der Waals surface area (Å²) in [4.78, 5) is 25.9. The van der Waals surface area contributed by atoms with Gasteiger partial charge < -0.3 is 14.4 Å². The monoisotopic (exact) mass is 325 g/mol. The van der Waals surface area contributed by atoms with E-state index in [1.165, 1.54) is 25.9 Å². The summed E-state index contributed by atoms with van der Waals surface area (Å²) >= 11 is 0. The number of likely N-dealkylation sites (tertiary alicyclic amines) is 1. The van der Waals surface area contributed by atoms with Gasteiger partial charge in [-0.1, -0.05) is 0 Å².